The minimum atomic E-state index is -0.574. The lowest BCUT2D eigenvalue weighted by atomic mass is 10.1. The predicted molar refractivity (Wildman–Crippen MR) is 85.8 cm³/mol. The first-order valence-corrected chi connectivity index (χ1v) is 7.29. The Bertz CT molecular complexity index is 571. The second kappa shape index (κ2) is 7.46. The maximum absolute atomic E-state index is 10.2. The normalized spacial score (nSPS) is 13.7. The molecule has 0 amide bonds. The summed E-state index contributed by atoms with van der Waals surface area (Å²) in [6.07, 6.45) is -0.574. The van der Waals surface area contributed by atoms with E-state index in [1.807, 2.05) is 48.5 Å². The Morgan fingerprint density at radius 2 is 1.86 bits per heavy atom. The molecule has 0 aliphatic heterocycles. The standard InChI is InChI=1S/C17H20ClNO2/c1-12(13-6-8-15(18)9-7-13)19-11-17(20)14-4-3-5-16(10-14)21-2/h3-10,12,17,19-20H,11H2,1-2H3. The summed E-state index contributed by atoms with van der Waals surface area (Å²) >= 11 is 5.88. The fourth-order valence-corrected chi connectivity index (χ4v) is 2.25. The third-order valence-corrected chi connectivity index (χ3v) is 3.72. The zero-order chi connectivity index (χ0) is 15.2. The second-order valence-electron chi connectivity index (χ2n) is 4.97. The molecule has 0 aliphatic rings. The van der Waals surface area contributed by atoms with Gasteiger partial charge in [0.2, 0.25) is 0 Å². The number of rotatable bonds is 6. The second-order valence-corrected chi connectivity index (χ2v) is 5.41. The summed E-state index contributed by atoms with van der Waals surface area (Å²) in [5.41, 5.74) is 1.97. The van der Waals surface area contributed by atoms with Crippen molar-refractivity contribution in [2.24, 2.45) is 0 Å². The van der Waals surface area contributed by atoms with Crippen LogP contribution in [0.5, 0.6) is 5.75 Å². The molecule has 2 rings (SSSR count). The van der Waals surface area contributed by atoms with Crippen molar-refractivity contribution in [2.45, 2.75) is 19.1 Å². The highest BCUT2D eigenvalue weighted by atomic mass is 35.5. The molecule has 2 unspecified atom stereocenters. The van der Waals surface area contributed by atoms with Gasteiger partial charge in [0, 0.05) is 17.6 Å². The SMILES string of the molecule is COc1cccc(C(O)CNC(C)c2ccc(Cl)cc2)c1. The molecule has 0 spiro atoms. The molecule has 0 bridgehead atoms. The fourth-order valence-electron chi connectivity index (χ4n) is 2.12. The maximum atomic E-state index is 10.2. The van der Waals surface area contributed by atoms with Crippen molar-refractivity contribution in [1.29, 1.82) is 0 Å². The molecule has 3 nitrogen and oxygen atoms in total. The van der Waals surface area contributed by atoms with E-state index in [-0.39, 0.29) is 6.04 Å². The molecular formula is C17H20ClNO2. The lowest BCUT2D eigenvalue weighted by Gasteiger charge is -2.18. The number of nitrogens with one attached hydrogen (secondary N) is 1. The number of ether oxygens (including phenoxy) is 1. The summed E-state index contributed by atoms with van der Waals surface area (Å²) in [5, 5.41) is 14.3. The Labute approximate surface area is 130 Å². The molecule has 2 aromatic rings. The van der Waals surface area contributed by atoms with Gasteiger partial charge in [-0.2, -0.15) is 0 Å². The van der Waals surface area contributed by atoms with Crippen LogP contribution >= 0.6 is 11.6 Å². The molecule has 0 radical (unpaired) electrons. The summed E-state index contributed by atoms with van der Waals surface area (Å²) in [4.78, 5) is 0. The van der Waals surface area contributed by atoms with Gasteiger partial charge in [-0.05, 0) is 42.3 Å². The van der Waals surface area contributed by atoms with Gasteiger partial charge in [0.15, 0.2) is 0 Å². The minimum absolute atomic E-state index is 0.141. The molecule has 0 aromatic heterocycles. The largest absolute Gasteiger partial charge is 0.497 e. The van der Waals surface area contributed by atoms with Gasteiger partial charge in [-0.25, -0.2) is 0 Å². The van der Waals surface area contributed by atoms with Crippen molar-refractivity contribution >= 4 is 11.6 Å². The molecule has 2 aromatic carbocycles. The summed E-state index contributed by atoms with van der Waals surface area (Å²) in [6, 6.07) is 15.3. The van der Waals surface area contributed by atoms with Gasteiger partial charge in [-0.3, -0.25) is 0 Å². The Hall–Kier alpha value is -1.55. The van der Waals surface area contributed by atoms with E-state index in [0.717, 1.165) is 21.9 Å². The van der Waals surface area contributed by atoms with E-state index in [1.54, 1.807) is 7.11 Å². The van der Waals surface area contributed by atoms with Gasteiger partial charge in [-0.15, -0.1) is 0 Å². The van der Waals surface area contributed by atoms with Crippen LogP contribution in [0.15, 0.2) is 48.5 Å². The Kier molecular flexibility index (Phi) is 5.62. The van der Waals surface area contributed by atoms with E-state index in [2.05, 4.69) is 12.2 Å². The molecule has 0 aliphatic carbocycles. The van der Waals surface area contributed by atoms with Gasteiger partial charge < -0.3 is 15.2 Å². The van der Waals surface area contributed by atoms with Crippen LogP contribution in [0.4, 0.5) is 0 Å². The lowest BCUT2D eigenvalue weighted by molar-refractivity contribution is 0.170. The zero-order valence-corrected chi connectivity index (χ0v) is 13.0. The van der Waals surface area contributed by atoms with Crippen LogP contribution in [0, 0.1) is 0 Å². The van der Waals surface area contributed by atoms with Gasteiger partial charge >= 0.3 is 0 Å². The molecule has 112 valence electrons. The number of aliphatic hydroxyl groups excluding tert-OH is 1. The van der Waals surface area contributed by atoms with Gasteiger partial charge in [0.05, 0.1) is 13.2 Å². The highest BCUT2D eigenvalue weighted by Crippen LogP contribution is 2.20. The molecule has 0 saturated heterocycles. The van der Waals surface area contributed by atoms with Gasteiger partial charge in [-0.1, -0.05) is 35.9 Å². The van der Waals surface area contributed by atoms with Crippen molar-refractivity contribution < 1.29 is 9.84 Å². The molecule has 2 atom stereocenters. The summed E-state index contributed by atoms with van der Waals surface area (Å²) in [5.74, 6) is 0.747. The van der Waals surface area contributed by atoms with E-state index in [9.17, 15) is 5.11 Å². The minimum Gasteiger partial charge on any atom is -0.497 e. The number of halogens is 1. The zero-order valence-electron chi connectivity index (χ0n) is 12.2. The van der Waals surface area contributed by atoms with Crippen molar-refractivity contribution in [3.8, 4) is 5.75 Å². The van der Waals surface area contributed by atoms with E-state index in [0.29, 0.717) is 6.54 Å². The van der Waals surface area contributed by atoms with E-state index in [1.165, 1.54) is 0 Å². The van der Waals surface area contributed by atoms with Crippen LogP contribution in [0.2, 0.25) is 5.02 Å². The quantitative estimate of drug-likeness (QED) is 0.854. The van der Waals surface area contributed by atoms with Gasteiger partial charge in [0.25, 0.3) is 0 Å². The van der Waals surface area contributed by atoms with Crippen LogP contribution in [-0.4, -0.2) is 18.8 Å². The molecular weight excluding hydrogens is 286 g/mol. The molecule has 2 N–H and O–H groups in total. The van der Waals surface area contributed by atoms with Crippen LogP contribution in [-0.2, 0) is 0 Å². The van der Waals surface area contributed by atoms with Gasteiger partial charge in [0.1, 0.15) is 5.75 Å². The topological polar surface area (TPSA) is 41.5 Å². The average Bonchev–Trinajstić information content (AvgIpc) is 2.53. The highest BCUT2D eigenvalue weighted by molar-refractivity contribution is 6.30. The lowest BCUT2D eigenvalue weighted by Crippen LogP contribution is -2.24. The summed E-state index contributed by atoms with van der Waals surface area (Å²) in [7, 11) is 1.62. The van der Waals surface area contributed by atoms with Crippen LogP contribution in [0.25, 0.3) is 0 Å². The first-order chi connectivity index (χ1) is 10.1. The van der Waals surface area contributed by atoms with E-state index in [4.69, 9.17) is 16.3 Å². The highest BCUT2D eigenvalue weighted by Gasteiger charge is 2.11. The first-order valence-electron chi connectivity index (χ1n) is 6.91. The summed E-state index contributed by atoms with van der Waals surface area (Å²) < 4.78 is 5.17. The third-order valence-electron chi connectivity index (χ3n) is 3.47. The Balaban J connectivity index is 1.93. The third kappa shape index (κ3) is 4.46. The average molecular weight is 306 g/mol. The maximum Gasteiger partial charge on any atom is 0.119 e. The Morgan fingerprint density at radius 1 is 1.14 bits per heavy atom. The van der Waals surface area contributed by atoms with Crippen molar-refractivity contribution in [2.75, 3.05) is 13.7 Å². The molecule has 21 heavy (non-hydrogen) atoms. The molecule has 0 saturated carbocycles. The van der Waals surface area contributed by atoms with Crippen molar-refractivity contribution in [3.05, 3.63) is 64.7 Å². The number of benzene rings is 2. The molecule has 4 heteroatoms. The van der Waals surface area contributed by atoms with E-state index < -0.39 is 6.10 Å². The van der Waals surface area contributed by atoms with E-state index >= 15 is 0 Å². The smallest absolute Gasteiger partial charge is 0.119 e. The number of methoxy groups -OCH3 is 1. The first kappa shape index (κ1) is 15.8. The Morgan fingerprint density at radius 3 is 2.52 bits per heavy atom. The van der Waals surface area contributed by atoms with Crippen LogP contribution in [0.1, 0.15) is 30.2 Å². The van der Waals surface area contributed by atoms with Crippen LogP contribution in [0.3, 0.4) is 0 Å². The molecule has 0 heterocycles. The predicted octanol–water partition coefficient (Wildman–Crippen LogP) is 3.73. The molecule has 0 fully saturated rings. The summed E-state index contributed by atoms with van der Waals surface area (Å²) in [6.45, 7) is 2.53. The number of aliphatic hydroxyl groups is 1. The van der Waals surface area contributed by atoms with Crippen molar-refractivity contribution in [1.82, 2.24) is 5.32 Å². The van der Waals surface area contributed by atoms with Crippen molar-refractivity contribution in [3.63, 3.8) is 0 Å². The number of hydrogen-bond acceptors (Lipinski definition) is 3. The number of hydrogen-bond donors (Lipinski definition) is 2. The fraction of sp³-hybridized carbons (Fsp3) is 0.294. The monoisotopic (exact) mass is 305 g/mol. The van der Waals surface area contributed by atoms with Crippen LogP contribution < -0.4 is 10.1 Å².